The summed E-state index contributed by atoms with van der Waals surface area (Å²) in [6.45, 7) is 3.76. The van der Waals surface area contributed by atoms with Gasteiger partial charge in [-0.25, -0.2) is 0 Å². The van der Waals surface area contributed by atoms with E-state index < -0.39 is 0 Å². The van der Waals surface area contributed by atoms with Crippen LogP contribution in [-0.4, -0.2) is 36.0 Å². The van der Waals surface area contributed by atoms with Crippen molar-refractivity contribution in [3.63, 3.8) is 0 Å². The number of hydrogen-bond donors (Lipinski definition) is 2. The summed E-state index contributed by atoms with van der Waals surface area (Å²) in [7, 11) is 0. The van der Waals surface area contributed by atoms with Crippen LogP contribution in [0.25, 0.3) is 0 Å². The number of aliphatic hydroxyl groups excluding tert-OH is 2. The number of unbranched alkanes of at least 4 members (excludes halogenated alkanes) is 1. The van der Waals surface area contributed by atoms with Crippen molar-refractivity contribution in [3.05, 3.63) is 30.3 Å². The third kappa shape index (κ3) is 5.20. The maximum absolute atomic E-state index is 9.76. The molecule has 1 rings (SSSR count). The molecule has 0 fully saturated rings. The van der Waals surface area contributed by atoms with Crippen molar-refractivity contribution in [3.8, 4) is 0 Å². The van der Waals surface area contributed by atoms with E-state index in [1.807, 2.05) is 25.1 Å². The van der Waals surface area contributed by atoms with E-state index in [0.29, 0.717) is 6.54 Å². The SMILES string of the molecule is CCC(O)CN(CCCCO)c1ccccc1. The Bertz CT molecular complexity index is 290. The lowest BCUT2D eigenvalue weighted by Gasteiger charge is -2.27. The fourth-order valence-electron chi connectivity index (χ4n) is 1.76. The Morgan fingerprint density at radius 1 is 1.18 bits per heavy atom. The van der Waals surface area contributed by atoms with E-state index in [4.69, 9.17) is 5.11 Å². The summed E-state index contributed by atoms with van der Waals surface area (Å²) in [6.07, 6.45) is 2.24. The highest BCUT2D eigenvalue weighted by Gasteiger charge is 2.10. The van der Waals surface area contributed by atoms with Gasteiger partial charge in [-0.1, -0.05) is 25.1 Å². The van der Waals surface area contributed by atoms with Crippen LogP contribution in [-0.2, 0) is 0 Å². The van der Waals surface area contributed by atoms with Gasteiger partial charge in [-0.3, -0.25) is 0 Å². The van der Waals surface area contributed by atoms with Crippen LogP contribution in [0.5, 0.6) is 0 Å². The van der Waals surface area contributed by atoms with Crippen molar-refractivity contribution in [2.24, 2.45) is 0 Å². The lowest BCUT2D eigenvalue weighted by atomic mass is 10.2. The highest BCUT2D eigenvalue weighted by molar-refractivity contribution is 5.45. The maximum Gasteiger partial charge on any atom is 0.0712 e. The summed E-state index contributed by atoms with van der Waals surface area (Å²) in [6, 6.07) is 10.1. The van der Waals surface area contributed by atoms with Gasteiger partial charge in [0.2, 0.25) is 0 Å². The average Bonchev–Trinajstić information content (AvgIpc) is 2.38. The Kier molecular flexibility index (Phi) is 6.67. The molecule has 96 valence electrons. The molecule has 0 aliphatic heterocycles. The van der Waals surface area contributed by atoms with Crippen LogP contribution in [0, 0.1) is 0 Å². The maximum atomic E-state index is 9.76. The Labute approximate surface area is 104 Å². The van der Waals surface area contributed by atoms with Crippen LogP contribution in [0.4, 0.5) is 5.69 Å². The van der Waals surface area contributed by atoms with Crippen LogP contribution < -0.4 is 4.90 Å². The molecular weight excluding hydrogens is 214 g/mol. The Balaban J connectivity index is 2.58. The topological polar surface area (TPSA) is 43.7 Å². The van der Waals surface area contributed by atoms with Gasteiger partial charge >= 0.3 is 0 Å². The molecule has 0 aliphatic rings. The molecule has 0 saturated heterocycles. The van der Waals surface area contributed by atoms with E-state index >= 15 is 0 Å². The first-order chi connectivity index (χ1) is 8.27. The zero-order valence-electron chi connectivity index (χ0n) is 10.5. The second-order valence-corrected chi connectivity index (χ2v) is 4.27. The minimum Gasteiger partial charge on any atom is -0.396 e. The van der Waals surface area contributed by atoms with Crippen LogP contribution >= 0.6 is 0 Å². The van der Waals surface area contributed by atoms with E-state index in [-0.39, 0.29) is 12.7 Å². The molecule has 3 heteroatoms. The van der Waals surface area contributed by atoms with Crippen LogP contribution in [0.3, 0.4) is 0 Å². The van der Waals surface area contributed by atoms with Crippen LogP contribution in [0.1, 0.15) is 26.2 Å². The molecule has 0 amide bonds. The predicted molar refractivity (Wildman–Crippen MR) is 71.3 cm³/mol. The molecule has 0 aliphatic carbocycles. The second-order valence-electron chi connectivity index (χ2n) is 4.27. The van der Waals surface area contributed by atoms with E-state index in [2.05, 4.69) is 17.0 Å². The minimum absolute atomic E-state index is 0.235. The van der Waals surface area contributed by atoms with Gasteiger partial charge in [0.05, 0.1) is 6.10 Å². The molecule has 17 heavy (non-hydrogen) atoms. The first kappa shape index (κ1) is 14.0. The van der Waals surface area contributed by atoms with Gasteiger partial charge in [-0.15, -0.1) is 0 Å². The third-order valence-electron chi connectivity index (χ3n) is 2.86. The largest absolute Gasteiger partial charge is 0.396 e. The molecule has 3 nitrogen and oxygen atoms in total. The quantitative estimate of drug-likeness (QED) is 0.680. The molecule has 1 aromatic rings. The summed E-state index contributed by atoms with van der Waals surface area (Å²) in [5.74, 6) is 0. The molecular formula is C14H23NO2. The van der Waals surface area contributed by atoms with Gasteiger partial charge in [0.15, 0.2) is 0 Å². The standard InChI is InChI=1S/C14H23NO2/c1-2-14(17)12-15(10-6-7-11-16)13-8-4-3-5-9-13/h3-5,8-9,14,16-17H,2,6-7,10-12H2,1H3. The number of para-hydroxylation sites is 1. The van der Waals surface area contributed by atoms with E-state index in [0.717, 1.165) is 31.5 Å². The second kappa shape index (κ2) is 8.09. The highest BCUT2D eigenvalue weighted by Crippen LogP contribution is 2.15. The lowest BCUT2D eigenvalue weighted by molar-refractivity contribution is 0.175. The van der Waals surface area contributed by atoms with Crippen molar-refractivity contribution in [1.29, 1.82) is 0 Å². The van der Waals surface area contributed by atoms with Crippen molar-refractivity contribution in [1.82, 2.24) is 0 Å². The predicted octanol–water partition coefficient (Wildman–Crippen LogP) is 2.04. The van der Waals surface area contributed by atoms with Crippen molar-refractivity contribution >= 4 is 5.69 Å². The summed E-state index contributed by atoms with van der Waals surface area (Å²) >= 11 is 0. The Morgan fingerprint density at radius 3 is 2.47 bits per heavy atom. The minimum atomic E-state index is -0.288. The zero-order valence-corrected chi connectivity index (χ0v) is 10.5. The molecule has 0 heterocycles. The van der Waals surface area contributed by atoms with Crippen LogP contribution in [0.2, 0.25) is 0 Å². The van der Waals surface area contributed by atoms with E-state index in [1.54, 1.807) is 0 Å². The van der Waals surface area contributed by atoms with Crippen molar-refractivity contribution in [2.75, 3.05) is 24.6 Å². The number of anilines is 1. The number of rotatable bonds is 8. The van der Waals surface area contributed by atoms with Gasteiger partial charge in [0.1, 0.15) is 0 Å². The Morgan fingerprint density at radius 2 is 1.88 bits per heavy atom. The van der Waals surface area contributed by atoms with Gasteiger partial charge < -0.3 is 15.1 Å². The number of nitrogens with zero attached hydrogens (tertiary/aromatic N) is 1. The highest BCUT2D eigenvalue weighted by atomic mass is 16.3. The molecule has 1 unspecified atom stereocenters. The molecule has 0 saturated carbocycles. The smallest absolute Gasteiger partial charge is 0.0712 e. The van der Waals surface area contributed by atoms with Gasteiger partial charge in [0.25, 0.3) is 0 Å². The van der Waals surface area contributed by atoms with Crippen LogP contribution in [0.15, 0.2) is 30.3 Å². The molecule has 2 N–H and O–H groups in total. The van der Waals surface area contributed by atoms with E-state index in [9.17, 15) is 5.11 Å². The number of aliphatic hydroxyl groups is 2. The molecule has 0 radical (unpaired) electrons. The van der Waals surface area contributed by atoms with Gasteiger partial charge in [-0.05, 0) is 31.4 Å². The Hall–Kier alpha value is -1.06. The molecule has 1 aromatic carbocycles. The summed E-state index contributed by atoms with van der Waals surface area (Å²) in [5, 5.41) is 18.6. The summed E-state index contributed by atoms with van der Waals surface area (Å²) in [4.78, 5) is 2.18. The molecule has 0 bridgehead atoms. The van der Waals surface area contributed by atoms with Gasteiger partial charge in [0, 0.05) is 25.4 Å². The van der Waals surface area contributed by atoms with E-state index in [1.165, 1.54) is 0 Å². The normalized spacial score (nSPS) is 12.4. The summed E-state index contributed by atoms with van der Waals surface area (Å²) < 4.78 is 0. The van der Waals surface area contributed by atoms with Crippen molar-refractivity contribution < 1.29 is 10.2 Å². The zero-order chi connectivity index (χ0) is 12.5. The van der Waals surface area contributed by atoms with Gasteiger partial charge in [-0.2, -0.15) is 0 Å². The first-order valence-electron chi connectivity index (χ1n) is 6.36. The van der Waals surface area contributed by atoms with Crippen molar-refractivity contribution in [2.45, 2.75) is 32.3 Å². The summed E-state index contributed by atoms with van der Waals surface area (Å²) in [5.41, 5.74) is 1.14. The fourth-order valence-corrected chi connectivity index (χ4v) is 1.76. The number of benzene rings is 1. The molecule has 0 aromatic heterocycles. The lowest BCUT2D eigenvalue weighted by Crippen LogP contribution is -2.33. The fraction of sp³-hybridized carbons (Fsp3) is 0.571. The third-order valence-corrected chi connectivity index (χ3v) is 2.86. The molecule has 0 spiro atoms. The first-order valence-corrected chi connectivity index (χ1v) is 6.36. The monoisotopic (exact) mass is 237 g/mol. The average molecular weight is 237 g/mol. The molecule has 1 atom stereocenters. The number of hydrogen-bond acceptors (Lipinski definition) is 3.